The lowest BCUT2D eigenvalue weighted by Gasteiger charge is -2.11. The van der Waals surface area contributed by atoms with Gasteiger partial charge < -0.3 is 20.2 Å². The van der Waals surface area contributed by atoms with Crippen LogP contribution in [0.1, 0.15) is 44.7 Å². The summed E-state index contributed by atoms with van der Waals surface area (Å²) in [5.41, 5.74) is 6.32. The number of hydrogen-bond acceptors (Lipinski definition) is 6. The van der Waals surface area contributed by atoms with E-state index < -0.39 is 23.9 Å². The molecule has 0 bridgehead atoms. The molecule has 0 aromatic carbocycles. The molecule has 0 fully saturated rings. The Hall–Kier alpha value is -2.61. The van der Waals surface area contributed by atoms with E-state index in [1.54, 1.807) is 6.07 Å². The van der Waals surface area contributed by atoms with Crippen molar-refractivity contribution in [3.05, 3.63) is 40.2 Å². The molecule has 2 amide bonds. The first-order chi connectivity index (χ1) is 11.5. The van der Waals surface area contributed by atoms with Crippen LogP contribution < -0.4 is 11.1 Å². The lowest BCUT2D eigenvalue weighted by atomic mass is 10.1. The van der Waals surface area contributed by atoms with E-state index in [0.29, 0.717) is 10.6 Å². The standard InChI is InChI=1S/C16H16N2O5S/c1-8(13(17)19)23-16(21)12-9-4-2-6-11(9)24-15(12)18-14(20)10-5-3-7-22-10/h3,5,7-8H,2,4,6H2,1H3,(H2,17,19)(H,18,20). The average Bonchev–Trinajstić information content (AvgIpc) is 3.23. The Bertz CT molecular complexity index is 794. The number of anilines is 1. The molecular formula is C16H16N2O5S. The Balaban J connectivity index is 1.88. The van der Waals surface area contributed by atoms with E-state index in [0.717, 1.165) is 29.7 Å². The highest BCUT2D eigenvalue weighted by Gasteiger charge is 2.30. The van der Waals surface area contributed by atoms with E-state index in [2.05, 4.69) is 5.32 Å². The molecule has 1 aliphatic carbocycles. The molecule has 126 valence electrons. The third kappa shape index (κ3) is 3.05. The second-order valence-electron chi connectivity index (χ2n) is 5.44. The van der Waals surface area contributed by atoms with Gasteiger partial charge in [0.05, 0.1) is 11.8 Å². The van der Waals surface area contributed by atoms with Gasteiger partial charge in [-0.1, -0.05) is 0 Å². The monoisotopic (exact) mass is 348 g/mol. The highest BCUT2D eigenvalue weighted by molar-refractivity contribution is 7.17. The van der Waals surface area contributed by atoms with Crippen LogP contribution in [0.5, 0.6) is 0 Å². The summed E-state index contributed by atoms with van der Waals surface area (Å²) < 4.78 is 10.2. The minimum absolute atomic E-state index is 0.147. The maximum absolute atomic E-state index is 12.5. The minimum Gasteiger partial charge on any atom is -0.459 e. The van der Waals surface area contributed by atoms with E-state index >= 15 is 0 Å². The van der Waals surface area contributed by atoms with Gasteiger partial charge in [0.15, 0.2) is 11.9 Å². The van der Waals surface area contributed by atoms with Crippen molar-refractivity contribution < 1.29 is 23.5 Å². The Kier molecular flexibility index (Phi) is 4.39. The van der Waals surface area contributed by atoms with Crippen LogP contribution in [-0.4, -0.2) is 23.9 Å². The van der Waals surface area contributed by atoms with Crippen molar-refractivity contribution in [3.63, 3.8) is 0 Å². The van der Waals surface area contributed by atoms with Gasteiger partial charge in [-0.05, 0) is 43.9 Å². The Morgan fingerprint density at radius 3 is 2.83 bits per heavy atom. The summed E-state index contributed by atoms with van der Waals surface area (Å²) in [5, 5.41) is 3.10. The lowest BCUT2D eigenvalue weighted by Crippen LogP contribution is -2.30. The summed E-state index contributed by atoms with van der Waals surface area (Å²) in [7, 11) is 0. The molecular weight excluding hydrogens is 332 g/mol. The highest BCUT2D eigenvalue weighted by atomic mass is 32.1. The fourth-order valence-corrected chi connectivity index (χ4v) is 3.83. The summed E-state index contributed by atoms with van der Waals surface area (Å²) in [5.74, 6) is -1.68. The van der Waals surface area contributed by atoms with Crippen LogP contribution in [0.2, 0.25) is 0 Å². The van der Waals surface area contributed by atoms with Crippen LogP contribution in [0.3, 0.4) is 0 Å². The molecule has 0 saturated carbocycles. The SMILES string of the molecule is CC(OC(=O)c1c(NC(=O)c2ccco2)sc2c1CCC2)C(N)=O. The first-order valence-electron chi connectivity index (χ1n) is 7.47. The molecule has 7 nitrogen and oxygen atoms in total. The van der Waals surface area contributed by atoms with Gasteiger partial charge in [-0.25, -0.2) is 4.79 Å². The summed E-state index contributed by atoms with van der Waals surface area (Å²) in [4.78, 5) is 36.8. The second-order valence-corrected chi connectivity index (χ2v) is 6.55. The Morgan fingerprint density at radius 1 is 1.38 bits per heavy atom. The third-order valence-corrected chi connectivity index (χ3v) is 4.99. The number of hydrogen-bond donors (Lipinski definition) is 2. The van der Waals surface area contributed by atoms with E-state index in [-0.39, 0.29) is 5.76 Å². The number of fused-ring (bicyclic) bond motifs is 1. The van der Waals surface area contributed by atoms with Crippen molar-refractivity contribution >= 4 is 34.1 Å². The Labute approximate surface area is 141 Å². The first-order valence-corrected chi connectivity index (χ1v) is 8.28. The lowest BCUT2D eigenvalue weighted by molar-refractivity contribution is -0.125. The van der Waals surface area contributed by atoms with Crippen molar-refractivity contribution in [2.24, 2.45) is 5.73 Å². The molecule has 0 aliphatic heterocycles. The van der Waals surface area contributed by atoms with Gasteiger partial charge in [-0.15, -0.1) is 11.3 Å². The smallest absolute Gasteiger partial charge is 0.342 e. The van der Waals surface area contributed by atoms with Gasteiger partial charge in [0, 0.05) is 4.88 Å². The molecule has 0 spiro atoms. The van der Waals surface area contributed by atoms with E-state index in [4.69, 9.17) is 14.9 Å². The van der Waals surface area contributed by atoms with Gasteiger partial charge in [0.25, 0.3) is 11.8 Å². The number of amides is 2. The highest BCUT2D eigenvalue weighted by Crippen LogP contribution is 2.39. The predicted molar refractivity (Wildman–Crippen MR) is 87.1 cm³/mol. The zero-order valence-electron chi connectivity index (χ0n) is 13.0. The van der Waals surface area contributed by atoms with E-state index in [9.17, 15) is 14.4 Å². The number of rotatable bonds is 5. The number of primary amides is 1. The number of nitrogens with two attached hydrogens (primary N) is 1. The zero-order valence-corrected chi connectivity index (χ0v) is 13.8. The number of ether oxygens (including phenoxy) is 1. The number of aryl methyl sites for hydroxylation is 1. The van der Waals surface area contributed by atoms with E-state index in [1.807, 2.05) is 0 Å². The van der Waals surface area contributed by atoms with Crippen molar-refractivity contribution in [3.8, 4) is 0 Å². The quantitative estimate of drug-likeness (QED) is 0.804. The number of carbonyl (C=O) groups excluding carboxylic acids is 3. The predicted octanol–water partition coefficient (Wildman–Crippen LogP) is 2.11. The molecule has 8 heteroatoms. The maximum Gasteiger partial charge on any atom is 0.342 e. The van der Waals surface area contributed by atoms with Crippen molar-refractivity contribution in [2.75, 3.05) is 5.32 Å². The van der Waals surface area contributed by atoms with Crippen molar-refractivity contribution in [1.29, 1.82) is 0 Å². The van der Waals surface area contributed by atoms with Crippen LogP contribution in [0.25, 0.3) is 0 Å². The molecule has 1 unspecified atom stereocenters. The number of furan rings is 1. The Morgan fingerprint density at radius 2 is 2.17 bits per heavy atom. The molecule has 2 heterocycles. The van der Waals surface area contributed by atoms with Crippen LogP contribution in [-0.2, 0) is 22.4 Å². The van der Waals surface area contributed by atoms with E-state index in [1.165, 1.54) is 30.6 Å². The molecule has 0 radical (unpaired) electrons. The second kappa shape index (κ2) is 6.48. The summed E-state index contributed by atoms with van der Waals surface area (Å²) >= 11 is 1.35. The molecule has 1 atom stereocenters. The summed E-state index contributed by atoms with van der Waals surface area (Å²) in [6.45, 7) is 1.41. The molecule has 0 saturated heterocycles. The molecule has 24 heavy (non-hydrogen) atoms. The zero-order chi connectivity index (χ0) is 17.3. The fourth-order valence-electron chi connectivity index (χ4n) is 2.56. The van der Waals surface area contributed by atoms with Gasteiger partial charge in [-0.3, -0.25) is 9.59 Å². The topological polar surface area (TPSA) is 112 Å². The van der Waals surface area contributed by atoms with Crippen LogP contribution in [0, 0.1) is 0 Å². The van der Waals surface area contributed by atoms with Crippen LogP contribution in [0.4, 0.5) is 5.00 Å². The van der Waals surface area contributed by atoms with Gasteiger partial charge in [0.1, 0.15) is 5.00 Å². The summed E-state index contributed by atoms with van der Waals surface area (Å²) in [6, 6.07) is 3.14. The number of nitrogens with one attached hydrogen (secondary N) is 1. The average molecular weight is 348 g/mol. The van der Waals surface area contributed by atoms with Crippen LogP contribution >= 0.6 is 11.3 Å². The van der Waals surface area contributed by atoms with Crippen molar-refractivity contribution in [1.82, 2.24) is 0 Å². The largest absolute Gasteiger partial charge is 0.459 e. The van der Waals surface area contributed by atoms with Gasteiger partial charge in [-0.2, -0.15) is 0 Å². The molecule has 2 aromatic rings. The maximum atomic E-state index is 12.5. The van der Waals surface area contributed by atoms with Gasteiger partial charge in [0.2, 0.25) is 0 Å². The van der Waals surface area contributed by atoms with Crippen LogP contribution in [0.15, 0.2) is 22.8 Å². The van der Waals surface area contributed by atoms with Gasteiger partial charge >= 0.3 is 5.97 Å². The minimum atomic E-state index is -1.04. The number of carbonyl (C=O) groups is 3. The third-order valence-electron chi connectivity index (χ3n) is 3.78. The molecule has 1 aliphatic rings. The number of esters is 1. The molecule has 2 aromatic heterocycles. The first kappa shape index (κ1) is 16.3. The number of thiophene rings is 1. The molecule has 3 N–H and O–H groups in total. The normalized spacial score (nSPS) is 14.0. The fraction of sp³-hybridized carbons (Fsp3) is 0.312. The molecule has 3 rings (SSSR count). The van der Waals surface area contributed by atoms with Crippen molar-refractivity contribution in [2.45, 2.75) is 32.3 Å². The summed E-state index contributed by atoms with van der Waals surface area (Å²) in [6.07, 6.45) is 2.88.